The van der Waals surface area contributed by atoms with Crippen molar-refractivity contribution in [1.82, 2.24) is 9.80 Å². The summed E-state index contributed by atoms with van der Waals surface area (Å²) in [4.78, 5) is 43.3. The average molecular weight is 341 g/mol. The van der Waals surface area contributed by atoms with E-state index in [-0.39, 0.29) is 17.9 Å². The quantitative estimate of drug-likeness (QED) is 0.678. The molecule has 0 aromatic heterocycles. The topological polar surface area (TPSA) is 60.9 Å². The van der Waals surface area contributed by atoms with E-state index in [1.807, 2.05) is 18.2 Å². The summed E-state index contributed by atoms with van der Waals surface area (Å²) in [7, 11) is 2.97. The molecule has 2 saturated heterocycles. The molecule has 0 N–H and O–H groups in total. The minimum absolute atomic E-state index is 0.192. The SMILES string of the molecule is CN1C(=O)N(C)C(=O)C2(Cc3ccccc3N3CCCCC[C@H]32)C1=O. The van der Waals surface area contributed by atoms with E-state index in [4.69, 9.17) is 0 Å². The highest BCUT2D eigenvalue weighted by atomic mass is 16.2. The number of barbiturate groups is 1. The van der Waals surface area contributed by atoms with Gasteiger partial charge in [0.2, 0.25) is 11.8 Å². The number of anilines is 1. The Labute approximate surface area is 147 Å². The van der Waals surface area contributed by atoms with Gasteiger partial charge in [0.25, 0.3) is 0 Å². The van der Waals surface area contributed by atoms with Crippen LogP contribution in [0.4, 0.5) is 10.5 Å². The summed E-state index contributed by atoms with van der Waals surface area (Å²) >= 11 is 0. The Morgan fingerprint density at radius 2 is 1.64 bits per heavy atom. The Morgan fingerprint density at radius 1 is 0.960 bits per heavy atom. The van der Waals surface area contributed by atoms with E-state index in [1.54, 1.807) is 0 Å². The van der Waals surface area contributed by atoms with E-state index in [1.165, 1.54) is 14.1 Å². The predicted octanol–water partition coefficient (Wildman–Crippen LogP) is 2.03. The third-order valence-electron chi connectivity index (χ3n) is 6.04. The van der Waals surface area contributed by atoms with Crippen molar-refractivity contribution in [3.63, 3.8) is 0 Å². The maximum atomic E-state index is 13.3. The number of urea groups is 1. The smallest absolute Gasteiger partial charge is 0.332 e. The number of para-hydroxylation sites is 1. The molecule has 3 aliphatic heterocycles. The second-order valence-electron chi connectivity index (χ2n) is 7.35. The summed E-state index contributed by atoms with van der Waals surface area (Å²) in [5.41, 5.74) is 0.942. The van der Waals surface area contributed by atoms with Gasteiger partial charge in [0.1, 0.15) is 0 Å². The van der Waals surface area contributed by atoms with Gasteiger partial charge in [0.05, 0.1) is 6.04 Å². The van der Waals surface area contributed by atoms with Gasteiger partial charge in [0.15, 0.2) is 5.41 Å². The first-order chi connectivity index (χ1) is 12.0. The number of carbonyl (C=O) groups is 3. The second-order valence-corrected chi connectivity index (χ2v) is 7.35. The number of hydrogen-bond donors (Lipinski definition) is 0. The molecule has 6 nitrogen and oxygen atoms in total. The fourth-order valence-corrected chi connectivity index (χ4v) is 4.79. The predicted molar refractivity (Wildman–Crippen MR) is 93.1 cm³/mol. The number of rotatable bonds is 0. The zero-order chi connectivity index (χ0) is 17.8. The first-order valence-electron chi connectivity index (χ1n) is 8.93. The second kappa shape index (κ2) is 5.58. The van der Waals surface area contributed by atoms with Crippen molar-refractivity contribution in [2.45, 2.75) is 38.1 Å². The molecule has 1 spiro atoms. The molecule has 4 amide bonds. The molecule has 0 bridgehead atoms. The number of carbonyl (C=O) groups excluding carboxylic acids is 3. The van der Waals surface area contributed by atoms with Gasteiger partial charge in [-0.15, -0.1) is 0 Å². The number of amides is 4. The number of hydrogen-bond acceptors (Lipinski definition) is 4. The molecule has 4 rings (SSSR count). The van der Waals surface area contributed by atoms with Gasteiger partial charge in [0, 0.05) is 26.3 Å². The molecule has 0 unspecified atom stereocenters. The molecule has 0 radical (unpaired) electrons. The largest absolute Gasteiger partial charge is 0.367 e. The Kier molecular flexibility index (Phi) is 3.60. The van der Waals surface area contributed by atoms with Crippen LogP contribution in [0, 0.1) is 5.41 Å². The van der Waals surface area contributed by atoms with E-state index in [9.17, 15) is 14.4 Å². The third kappa shape index (κ3) is 2.06. The molecular weight excluding hydrogens is 318 g/mol. The minimum Gasteiger partial charge on any atom is -0.367 e. The zero-order valence-electron chi connectivity index (χ0n) is 14.7. The van der Waals surface area contributed by atoms with E-state index >= 15 is 0 Å². The zero-order valence-corrected chi connectivity index (χ0v) is 14.7. The highest BCUT2D eigenvalue weighted by Gasteiger charge is 2.62. The van der Waals surface area contributed by atoms with Crippen LogP contribution in [-0.4, -0.2) is 54.3 Å². The van der Waals surface area contributed by atoms with E-state index in [0.717, 1.165) is 53.3 Å². The van der Waals surface area contributed by atoms with Gasteiger partial charge in [-0.3, -0.25) is 19.4 Å². The van der Waals surface area contributed by atoms with Gasteiger partial charge >= 0.3 is 6.03 Å². The van der Waals surface area contributed by atoms with Crippen LogP contribution in [0.1, 0.15) is 31.2 Å². The number of benzene rings is 1. The molecule has 0 aliphatic carbocycles. The normalized spacial score (nSPS) is 25.8. The molecule has 132 valence electrons. The summed E-state index contributed by atoms with van der Waals surface area (Å²) in [5.74, 6) is -0.709. The van der Waals surface area contributed by atoms with Gasteiger partial charge in [-0.1, -0.05) is 31.0 Å². The van der Waals surface area contributed by atoms with Gasteiger partial charge in [-0.05, 0) is 30.9 Å². The lowest BCUT2D eigenvalue weighted by molar-refractivity contribution is -0.159. The maximum Gasteiger partial charge on any atom is 0.332 e. The number of imide groups is 2. The Balaban J connectivity index is 1.92. The highest BCUT2D eigenvalue weighted by molar-refractivity contribution is 6.20. The lowest BCUT2D eigenvalue weighted by Gasteiger charge is -2.52. The average Bonchev–Trinajstić information content (AvgIpc) is 2.90. The molecular formula is C19H23N3O3. The van der Waals surface area contributed by atoms with Gasteiger partial charge in [-0.25, -0.2) is 4.79 Å². The summed E-state index contributed by atoms with van der Waals surface area (Å²) in [5, 5.41) is 0. The van der Waals surface area contributed by atoms with Crippen LogP contribution in [0.5, 0.6) is 0 Å². The van der Waals surface area contributed by atoms with Crippen molar-refractivity contribution in [3.8, 4) is 0 Å². The Hall–Kier alpha value is -2.37. The van der Waals surface area contributed by atoms with Crippen LogP contribution in [-0.2, 0) is 16.0 Å². The molecule has 0 saturated carbocycles. The number of fused-ring (bicyclic) bond motifs is 4. The molecule has 2 fully saturated rings. The molecule has 3 heterocycles. The van der Waals surface area contributed by atoms with Gasteiger partial charge < -0.3 is 4.90 Å². The Bertz CT molecular complexity index is 736. The molecule has 3 aliphatic rings. The van der Waals surface area contributed by atoms with Crippen LogP contribution >= 0.6 is 0 Å². The third-order valence-corrected chi connectivity index (χ3v) is 6.04. The van der Waals surface area contributed by atoms with Crippen molar-refractivity contribution in [2.24, 2.45) is 5.41 Å². The number of nitrogens with zero attached hydrogens (tertiary/aromatic N) is 3. The fourth-order valence-electron chi connectivity index (χ4n) is 4.79. The van der Waals surface area contributed by atoms with E-state index < -0.39 is 11.4 Å². The minimum atomic E-state index is -1.20. The van der Waals surface area contributed by atoms with Crippen molar-refractivity contribution in [1.29, 1.82) is 0 Å². The Morgan fingerprint density at radius 3 is 2.36 bits per heavy atom. The van der Waals surface area contributed by atoms with E-state index in [0.29, 0.717) is 6.42 Å². The van der Waals surface area contributed by atoms with Crippen LogP contribution < -0.4 is 4.90 Å². The standard InChI is InChI=1S/C19H23N3O3/c1-20-16(23)19(17(24)21(2)18(20)25)12-13-8-5-6-9-14(13)22-11-7-3-4-10-15(19)22/h5-6,8-9,15H,3-4,7,10-12H2,1-2H3/t15-/m0/s1. The van der Waals surface area contributed by atoms with E-state index in [2.05, 4.69) is 11.0 Å². The van der Waals surface area contributed by atoms with Crippen LogP contribution in [0.2, 0.25) is 0 Å². The van der Waals surface area contributed by atoms with Gasteiger partial charge in [-0.2, -0.15) is 0 Å². The lowest BCUT2D eigenvalue weighted by Crippen LogP contribution is -2.71. The monoisotopic (exact) mass is 341 g/mol. The highest BCUT2D eigenvalue weighted by Crippen LogP contribution is 2.47. The summed E-state index contributed by atoms with van der Waals surface area (Å²) in [6.07, 6.45) is 4.30. The van der Waals surface area contributed by atoms with Crippen LogP contribution in [0.25, 0.3) is 0 Å². The first-order valence-corrected chi connectivity index (χ1v) is 8.93. The van der Waals surface area contributed by atoms with Crippen molar-refractivity contribution in [3.05, 3.63) is 29.8 Å². The van der Waals surface area contributed by atoms with Crippen molar-refractivity contribution >= 4 is 23.5 Å². The maximum absolute atomic E-state index is 13.3. The first kappa shape index (κ1) is 16.1. The van der Waals surface area contributed by atoms with Crippen LogP contribution in [0.3, 0.4) is 0 Å². The fraction of sp³-hybridized carbons (Fsp3) is 0.526. The summed E-state index contributed by atoms with van der Waals surface area (Å²) in [6, 6.07) is 7.29. The van der Waals surface area contributed by atoms with Crippen molar-refractivity contribution in [2.75, 3.05) is 25.5 Å². The molecule has 25 heavy (non-hydrogen) atoms. The lowest BCUT2D eigenvalue weighted by atomic mass is 9.67. The van der Waals surface area contributed by atoms with Crippen molar-refractivity contribution < 1.29 is 14.4 Å². The molecule has 1 atom stereocenters. The van der Waals surface area contributed by atoms with Crippen LogP contribution in [0.15, 0.2) is 24.3 Å². The molecule has 1 aromatic rings. The molecule has 6 heteroatoms. The summed E-state index contributed by atoms with van der Waals surface area (Å²) in [6.45, 7) is 0.839. The molecule has 1 aromatic carbocycles. The summed E-state index contributed by atoms with van der Waals surface area (Å²) < 4.78 is 0.